The fourth-order valence-electron chi connectivity index (χ4n) is 0.385. The first kappa shape index (κ1) is 4.23. The number of aliphatic imine (C=N–C) groups is 1. The summed E-state index contributed by atoms with van der Waals surface area (Å²) in [5.41, 5.74) is 1.20. The van der Waals surface area contributed by atoms with Gasteiger partial charge in [-0.3, -0.25) is 0 Å². The third kappa shape index (κ3) is 0.951. The number of hydrogen-bond donors (Lipinski definition) is 0. The lowest BCUT2D eigenvalue weighted by Gasteiger charge is -1.76. The van der Waals surface area contributed by atoms with E-state index >= 15 is 0 Å². The second kappa shape index (κ2) is 1.67. The number of rotatable bonds is 0. The molecule has 7 heavy (non-hydrogen) atoms. The summed E-state index contributed by atoms with van der Waals surface area (Å²) in [5, 5.41) is 0. The Morgan fingerprint density at radius 2 is 2.57 bits per heavy atom. The van der Waals surface area contributed by atoms with Gasteiger partial charge in [0.1, 0.15) is 12.3 Å². The summed E-state index contributed by atoms with van der Waals surface area (Å²) in [6.07, 6.45) is 8.23. The van der Waals surface area contributed by atoms with Crippen molar-refractivity contribution in [3.8, 4) is 0 Å². The van der Waals surface area contributed by atoms with E-state index in [1.54, 1.807) is 6.20 Å². The quantitative estimate of drug-likeness (QED) is 0.400. The lowest BCUT2D eigenvalue weighted by atomic mass is 10.3. The third-order valence-corrected chi connectivity index (χ3v) is 0.779. The molecular weight excluding hydrogens is 86.1 g/mol. The first-order chi connectivity index (χ1) is 3.39. The summed E-state index contributed by atoms with van der Waals surface area (Å²) in [7, 11) is 0. The highest BCUT2D eigenvalue weighted by Crippen LogP contribution is 1.96. The fraction of sp³-hybridized carbons (Fsp3) is 0.167. The van der Waals surface area contributed by atoms with E-state index in [1.807, 2.05) is 19.1 Å². The zero-order chi connectivity index (χ0) is 5.11. The maximum Gasteiger partial charge on any atom is 0.156 e. The first-order valence-electron chi connectivity index (χ1n) is 2.18. The normalized spacial score (nSPS) is 15.9. The molecule has 1 aliphatic heterocycles. The summed E-state index contributed by atoms with van der Waals surface area (Å²) in [6.45, 7) is 2.01. The van der Waals surface area contributed by atoms with Gasteiger partial charge in [0.2, 0.25) is 0 Å². The maximum atomic E-state index is 3.72. The van der Waals surface area contributed by atoms with Crippen LogP contribution < -0.4 is 0 Å². The zero-order valence-electron chi connectivity index (χ0n) is 4.18. The minimum Gasteiger partial charge on any atom is -0.0743 e. The Morgan fingerprint density at radius 3 is 2.86 bits per heavy atom. The molecule has 0 spiro atoms. The summed E-state index contributed by atoms with van der Waals surface area (Å²) in [4.78, 5) is 3.72. The Labute approximate surface area is 43.1 Å². The van der Waals surface area contributed by atoms with Crippen LogP contribution in [0.3, 0.4) is 0 Å². The number of nitrogens with zero attached hydrogens (tertiary/aromatic N) is 1. The predicted octanol–water partition coefficient (Wildman–Crippen LogP) is 1.41. The number of allylic oxidation sites excluding steroid dienone is 3. The molecule has 0 aliphatic carbocycles. The van der Waals surface area contributed by atoms with Crippen LogP contribution in [0.2, 0.25) is 0 Å². The standard InChI is InChI=1S/C6H6N/c1-6-2-4-7-5-3-6/h2-4H,1H3/q+1. The topological polar surface area (TPSA) is 12.4 Å². The molecule has 0 amide bonds. The van der Waals surface area contributed by atoms with Gasteiger partial charge in [0.15, 0.2) is 6.21 Å². The van der Waals surface area contributed by atoms with Crippen LogP contribution in [0, 0.1) is 0 Å². The number of hydrogen-bond acceptors (Lipinski definition) is 1. The molecule has 0 atom stereocenters. The van der Waals surface area contributed by atoms with Crippen LogP contribution in [-0.4, -0.2) is 6.21 Å². The molecule has 0 aromatic heterocycles. The predicted molar refractivity (Wildman–Crippen MR) is 30.3 cm³/mol. The van der Waals surface area contributed by atoms with Crippen LogP contribution in [0.5, 0.6) is 0 Å². The van der Waals surface area contributed by atoms with Gasteiger partial charge in [0.05, 0.1) is 11.6 Å². The second-order valence-corrected chi connectivity index (χ2v) is 1.46. The van der Waals surface area contributed by atoms with Gasteiger partial charge < -0.3 is 0 Å². The Kier molecular flexibility index (Phi) is 1.01. The zero-order valence-corrected chi connectivity index (χ0v) is 4.18. The van der Waals surface area contributed by atoms with Crippen molar-refractivity contribution in [3.05, 3.63) is 23.9 Å². The molecule has 0 fully saturated rings. The molecule has 0 saturated heterocycles. The van der Waals surface area contributed by atoms with Crippen LogP contribution in [-0.2, 0) is 0 Å². The second-order valence-electron chi connectivity index (χ2n) is 1.46. The van der Waals surface area contributed by atoms with Crippen LogP contribution >= 0.6 is 0 Å². The lowest BCUT2D eigenvalue weighted by Crippen LogP contribution is -1.74. The molecule has 0 aromatic carbocycles. The summed E-state index contributed by atoms with van der Waals surface area (Å²) in [5.74, 6) is 0. The summed E-state index contributed by atoms with van der Waals surface area (Å²) in [6, 6.07) is 0. The van der Waals surface area contributed by atoms with Crippen LogP contribution in [0.4, 0.5) is 0 Å². The van der Waals surface area contributed by atoms with Crippen molar-refractivity contribution < 1.29 is 0 Å². The highest BCUT2D eigenvalue weighted by Gasteiger charge is 1.91. The average molecular weight is 92.1 g/mol. The van der Waals surface area contributed by atoms with E-state index in [1.165, 1.54) is 5.57 Å². The molecule has 0 radical (unpaired) electrons. The van der Waals surface area contributed by atoms with Crippen molar-refractivity contribution in [3.63, 3.8) is 0 Å². The molecule has 0 saturated carbocycles. The van der Waals surface area contributed by atoms with E-state index in [0.717, 1.165) is 0 Å². The minimum absolute atomic E-state index is 1.20. The molecule has 0 bridgehead atoms. The highest BCUT2D eigenvalue weighted by molar-refractivity contribution is 5.74. The molecule has 1 heterocycles. The van der Waals surface area contributed by atoms with Gasteiger partial charge in [-0.1, -0.05) is 4.99 Å². The maximum absolute atomic E-state index is 3.72. The van der Waals surface area contributed by atoms with Crippen LogP contribution in [0.25, 0.3) is 0 Å². The summed E-state index contributed by atoms with van der Waals surface area (Å²) < 4.78 is 0. The Balaban J connectivity index is 2.82. The lowest BCUT2D eigenvalue weighted by molar-refractivity contribution is 1.45. The van der Waals surface area contributed by atoms with Crippen molar-refractivity contribution in [1.82, 2.24) is 0 Å². The van der Waals surface area contributed by atoms with Gasteiger partial charge in [0.25, 0.3) is 0 Å². The summed E-state index contributed by atoms with van der Waals surface area (Å²) >= 11 is 0. The van der Waals surface area contributed by atoms with Crippen molar-refractivity contribution in [1.29, 1.82) is 0 Å². The van der Waals surface area contributed by atoms with Gasteiger partial charge in [-0.2, -0.15) is 0 Å². The van der Waals surface area contributed by atoms with E-state index < -0.39 is 0 Å². The Hall–Kier alpha value is -0.940. The molecule has 0 aromatic rings. The molecule has 1 aliphatic rings. The molecule has 1 rings (SSSR count). The van der Waals surface area contributed by atoms with E-state index in [2.05, 4.69) is 11.2 Å². The van der Waals surface area contributed by atoms with Gasteiger partial charge in [-0.05, 0) is 0 Å². The van der Waals surface area contributed by atoms with Crippen molar-refractivity contribution in [2.24, 2.45) is 4.99 Å². The fourth-order valence-corrected chi connectivity index (χ4v) is 0.385. The van der Waals surface area contributed by atoms with Crippen LogP contribution in [0.1, 0.15) is 6.92 Å². The Bertz CT molecular complexity index is 140. The first-order valence-corrected chi connectivity index (χ1v) is 2.18. The molecule has 34 valence electrons. The molecule has 1 heteroatoms. The minimum atomic E-state index is 1.20. The van der Waals surface area contributed by atoms with Gasteiger partial charge in [-0.15, -0.1) is 0 Å². The average Bonchev–Trinajstić information content (AvgIpc) is 1.69. The highest BCUT2D eigenvalue weighted by atomic mass is 14.7. The largest absolute Gasteiger partial charge is 0.156 e. The Morgan fingerprint density at radius 1 is 1.71 bits per heavy atom. The van der Waals surface area contributed by atoms with Crippen LogP contribution in [0.15, 0.2) is 28.9 Å². The van der Waals surface area contributed by atoms with E-state index in [4.69, 9.17) is 0 Å². The monoisotopic (exact) mass is 92.0 g/mol. The molecule has 0 N–H and O–H groups in total. The van der Waals surface area contributed by atoms with Crippen molar-refractivity contribution in [2.75, 3.05) is 0 Å². The SMILES string of the molecule is CC1=C[C+]=NC=C1. The smallest absolute Gasteiger partial charge is 0.0743 e. The van der Waals surface area contributed by atoms with Gasteiger partial charge in [-0.25, -0.2) is 0 Å². The van der Waals surface area contributed by atoms with E-state index in [-0.39, 0.29) is 0 Å². The van der Waals surface area contributed by atoms with Crippen molar-refractivity contribution >= 4 is 6.21 Å². The van der Waals surface area contributed by atoms with E-state index in [0.29, 0.717) is 0 Å². The molecule has 1 nitrogen and oxygen atoms in total. The third-order valence-electron chi connectivity index (χ3n) is 0.779. The molecule has 0 unspecified atom stereocenters. The van der Waals surface area contributed by atoms with Crippen molar-refractivity contribution in [2.45, 2.75) is 6.92 Å². The van der Waals surface area contributed by atoms with Gasteiger partial charge in [0, 0.05) is 6.92 Å². The molecular formula is C6H6N+. The van der Waals surface area contributed by atoms with Gasteiger partial charge >= 0.3 is 0 Å². The van der Waals surface area contributed by atoms with E-state index in [9.17, 15) is 0 Å².